The van der Waals surface area contributed by atoms with E-state index in [0.29, 0.717) is 17.9 Å². The van der Waals surface area contributed by atoms with Gasteiger partial charge in [-0.1, -0.05) is 25.1 Å². The number of methoxy groups -OCH3 is 2. The van der Waals surface area contributed by atoms with E-state index < -0.39 is 28.5 Å². The molecule has 0 saturated carbocycles. The number of anilines is 1. The molecule has 0 radical (unpaired) electrons. The maximum Gasteiger partial charge on any atom is 0.244 e. The van der Waals surface area contributed by atoms with Gasteiger partial charge in [-0.05, 0) is 48.7 Å². The normalized spacial score (nSPS) is 11.9. The molecule has 0 saturated heterocycles. The highest BCUT2D eigenvalue weighted by Gasteiger charge is 2.32. The first-order valence-corrected chi connectivity index (χ1v) is 12.7. The Labute approximate surface area is 201 Å². The number of nitrogens with zero attached hydrogens (tertiary/aromatic N) is 2. The summed E-state index contributed by atoms with van der Waals surface area (Å²) in [4.78, 5) is 27.6. The van der Waals surface area contributed by atoms with E-state index in [1.165, 1.54) is 19.1 Å². The Kier molecular flexibility index (Phi) is 9.31. The molecular formula is C24H33N3O6S. The third kappa shape index (κ3) is 6.63. The zero-order valence-corrected chi connectivity index (χ0v) is 21.3. The maximum atomic E-state index is 13.6. The topological polar surface area (TPSA) is 105 Å². The van der Waals surface area contributed by atoms with Gasteiger partial charge in [0.05, 0.1) is 26.2 Å². The highest BCUT2D eigenvalue weighted by Crippen LogP contribution is 2.31. The van der Waals surface area contributed by atoms with Crippen LogP contribution in [-0.2, 0) is 26.2 Å². The van der Waals surface area contributed by atoms with E-state index in [1.807, 2.05) is 6.92 Å². The lowest BCUT2D eigenvalue weighted by atomic mass is 10.1. The molecular weight excluding hydrogens is 458 g/mol. The molecule has 0 aliphatic rings. The molecule has 1 unspecified atom stereocenters. The fourth-order valence-corrected chi connectivity index (χ4v) is 4.45. The molecule has 2 aromatic carbocycles. The summed E-state index contributed by atoms with van der Waals surface area (Å²) in [6.45, 7) is 3.26. The molecule has 0 aliphatic carbocycles. The number of sulfonamides is 1. The Bertz CT molecular complexity index is 1100. The van der Waals surface area contributed by atoms with Gasteiger partial charge < -0.3 is 19.7 Å². The Morgan fingerprint density at radius 1 is 1.06 bits per heavy atom. The van der Waals surface area contributed by atoms with E-state index in [4.69, 9.17) is 9.47 Å². The minimum absolute atomic E-state index is 0.122. The molecule has 0 aromatic heterocycles. The van der Waals surface area contributed by atoms with E-state index in [0.717, 1.165) is 21.7 Å². The Morgan fingerprint density at radius 2 is 1.71 bits per heavy atom. The molecule has 186 valence electrons. The zero-order chi connectivity index (χ0) is 25.5. The van der Waals surface area contributed by atoms with Gasteiger partial charge in [0.15, 0.2) is 0 Å². The minimum Gasteiger partial charge on any atom is -0.497 e. The number of rotatable bonds is 11. The predicted octanol–water partition coefficient (Wildman–Crippen LogP) is 2.33. The summed E-state index contributed by atoms with van der Waals surface area (Å²) < 4.78 is 37.0. The molecule has 10 heteroatoms. The second-order valence-electron chi connectivity index (χ2n) is 7.85. The summed E-state index contributed by atoms with van der Waals surface area (Å²) in [5, 5.41) is 2.59. The number of ether oxygens (including phenoxy) is 2. The molecule has 0 bridgehead atoms. The Morgan fingerprint density at radius 3 is 2.21 bits per heavy atom. The monoisotopic (exact) mass is 491 g/mol. The summed E-state index contributed by atoms with van der Waals surface area (Å²) in [6.07, 6.45) is 1.39. The first kappa shape index (κ1) is 27.0. The summed E-state index contributed by atoms with van der Waals surface area (Å²) in [7, 11) is 0.648. The standard InChI is InChI=1S/C24H33N3O6S/c1-7-20(24(29)25-3)26(15-18-9-11-19(32-4)12-10-18)23(28)16-27(34(6,30)31)21-14-17(2)8-13-22(21)33-5/h8-14,20H,7,15-16H2,1-6H3,(H,25,29). The van der Waals surface area contributed by atoms with E-state index in [2.05, 4.69) is 5.32 Å². The van der Waals surface area contributed by atoms with Crippen molar-refractivity contribution < 1.29 is 27.5 Å². The highest BCUT2D eigenvalue weighted by atomic mass is 32.2. The number of likely N-dealkylation sites (N-methyl/N-ethyl adjacent to an activating group) is 1. The number of amides is 2. The zero-order valence-electron chi connectivity index (χ0n) is 20.5. The summed E-state index contributed by atoms with van der Waals surface area (Å²) >= 11 is 0. The van der Waals surface area contributed by atoms with Crippen LogP contribution in [0.3, 0.4) is 0 Å². The van der Waals surface area contributed by atoms with Crippen LogP contribution in [0.4, 0.5) is 5.69 Å². The van der Waals surface area contributed by atoms with Crippen molar-refractivity contribution in [3.8, 4) is 11.5 Å². The molecule has 34 heavy (non-hydrogen) atoms. The number of carbonyl (C=O) groups excluding carboxylic acids is 2. The lowest BCUT2D eigenvalue weighted by Crippen LogP contribution is -2.51. The number of nitrogens with one attached hydrogen (secondary N) is 1. The second kappa shape index (κ2) is 11.7. The fraction of sp³-hybridized carbons (Fsp3) is 0.417. The highest BCUT2D eigenvalue weighted by molar-refractivity contribution is 7.92. The predicted molar refractivity (Wildman–Crippen MR) is 132 cm³/mol. The molecule has 1 atom stereocenters. The number of hydrogen-bond acceptors (Lipinski definition) is 6. The average Bonchev–Trinajstić information content (AvgIpc) is 2.81. The Hall–Kier alpha value is -3.27. The molecule has 0 fully saturated rings. The first-order chi connectivity index (χ1) is 16.0. The molecule has 0 aliphatic heterocycles. The van der Waals surface area contributed by atoms with Crippen molar-refractivity contribution in [2.75, 3.05) is 38.4 Å². The Balaban J connectivity index is 2.48. The van der Waals surface area contributed by atoms with E-state index in [1.54, 1.807) is 56.5 Å². The largest absolute Gasteiger partial charge is 0.497 e. The van der Waals surface area contributed by atoms with Crippen LogP contribution in [0, 0.1) is 6.92 Å². The maximum absolute atomic E-state index is 13.6. The fourth-order valence-electron chi connectivity index (χ4n) is 3.60. The number of carbonyl (C=O) groups is 2. The third-order valence-corrected chi connectivity index (χ3v) is 6.55. The second-order valence-corrected chi connectivity index (χ2v) is 9.76. The van der Waals surface area contributed by atoms with Gasteiger partial charge >= 0.3 is 0 Å². The van der Waals surface area contributed by atoms with Crippen molar-refractivity contribution in [3.05, 3.63) is 53.6 Å². The van der Waals surface area contributed by atoms with Crippen LogP contribution in [0.1, 0.15) is 24.5 Å². The third-order valence-electron chi connectivity index (χ3n) is 5.43. The molecule has 2 amide bonds. The first-order valence-electron chi connectivity index (χ1n) is 10.8. The van der Waals surface area contributed by atoms with Gasteiger partial charge in [-0.2, -0.15) is 0 Å². The molecule has 2 rings (SSSR count). The number of benzene rings is 2. The van der Waals surface area contributed by atoms with Crippen LogP contribution in [0.5, 0.6) is 11.5 Å². The van der Waals surface area contributed by atoms with Crippen LogP contribution >= 0.6 is 0 Å². The van der Waals surface area contributed by atoms with Crippen molar-refractivity contribution in [3.63, 3.8) is 0 Å². The number of hydrogen-bond donors (Lipinski definition) is 1. The quantitative estimate of drug-likeness (QED) is 0.517. The van der Waals surface area contributed by atoms with Crippen molar-refractivity contribution >= 4 is 27.5 Å². The van der Waals surface area contributed by atoms with Gasteiger partial charge in [-0.3, -0.25) is 13.9 Å². The molecule has 9 nitrogen and oxygen atoms in total. The minimum atomic E-state index is -3.85. The van der Waals surface area contributed by atoms with Crippen molar-refractivity contribution in [2.24, 2.45) is 0 Å². The lowest BCUT2D eigenvalue weighted by Gasteiger charge is -2.33. The average molecular weight is 492 g/mol. The van der Waals surface area contributed by atoms with E-state index in [-0.39, 0.29) is 18.1 Å². The van der Waals surface area contributed by atoms with Gasteiger partial charge in [-0.25, -0.2) is 8.42 Å². The summed E-state index contributed by atoms with van der Waals surface area (Å²) in [5.41, 5.74) is 1.84. The van der Waals surface area contributed by atoms with Crippen LogP contribution < -0.4 is 19.1 Å². The summed E-state index contributed by atoms with van der Waals surface area (Å²) in [6, 6.07) is 11.4. The van der Waals surface area contributed by atoms with Gasteiger partial charge in [-0.15, -0.1) is 0 Å². The van der Waals surface area contributed by atoms with Crippen molar-refractivity contribution in [1.29, 1.82) is 0 Å². The molecule has 1 N–H and O–H groups in total. The van der Waals surface area contributed by atoms with Crippen LogP contribution in [0.15, 0.2) is 42.5 Å². The SMILES string of the molecule is CCC(C(=O)NC)N(Cc1ccc(OC)cc1)C(=O)CN(c1cc(C)ccc1OC)S(C)(=O)=O. The summed E-state index contributed by atoms with van der Waals surface area (Å²) in [5.74, 6) is 0.141. The van der Waals surface area contributed by atoms with E-state index >= 15 is 0 Å². The van der Waals surface area contributed by atoms with Gasteiger partial charge in [0.2, 0.25) is 21.8 Å². The van der Waals surface area contributed by atoms with Crippen molar-refractivity contribution in [2.45, 2.75) is 32.9 Å². The molecule has 2 aromatic rings. The molecule has 0 heterocycles. The van der Waals surface area contributed by atoms with Gasteiger partial charge in [0.1, 0.15) is 24.1 Å². The smallest absolute Gasteiger partial charge is 0.244 e. The van der Waals surface area contributed by atoms with Crippen molar-refractivity contribution in [1.82, 2.24) is 10.2 Å². The van der Waals surface area contributed by atoms with Crippen LogP contribution in [0.2, 0.25) is 0 Å². The van der Waals surface area contributed by atoms with Gasteiger partial charge in [0.25, 0.3) is 0 Å². The van der Waals surface area contributed by atoms with E-state index in [9.17, 15) is 18.0 Å². The van der Waals surface area contributed by atoms with Gasteiger partial charge in [0, 0.05) is 13.6 Å². The lowest BCUT2D eigenvalue weighted by molar-refractivity contribution is -0.140. The van der Waals surface area contributed by atoms with Crippen LogP contribution in [0.25, 0.3) is 0 Å². The molecule has 0 spiro atoms. The number of aryl methyl sites for hydroxylation is 1. The van der Waals surface area contributed by atoms with Crippen LogP contribution in [-0.4, -0.2) is 65.2 Å².